The van der Waals surface area contributed by atoms with Gasteiger partial charge in [-0.15, -0.1) is 4.31 Å². The highest BCUT2D eigenvalue weighted by molar-refractivity contribution is 9.10. The topological polar surface area (TPSA) is 65.1 Å². The van der Waals surface area contributed by atoms with Gasteiger partial charge in [-0.25, -0.2) is 8.42 Å². The molecule has 0 amide bonds. The van der Waals surface area contributed by atoms with Crippen LogP contribution in [0, 0.1) is 0 Å². The Morgan fingerprint density at radius 2 is 1.43 bits per heavy atom. The van der Waals surface area contributed by atoms with Crippen LogP contribution in [-0.2, 0) is 26.1 Å². The van der Waals surface area contributed by atoms with Crippen LogP contribution in [0.25, 0.3) is 6.08 Å². The molecule has 10 heteroatoms. The average molecular weight is 629 g/mol. The lowest BCUT2D eigenvalue weighted by Gasteiger charge is -2.22. The fraction of sp³-hybridized carbons (Fsp3) is 0.481. The summed E-state index contributed by atoms with van der Waals surface area (Å²) < 4.78 is 45.8. The van der Waals surface area contributed by atoms with Crippen LogP contribution in [0.15, 0.2) is 58.4 Å². The Hall–Kier alpha value is -1.28. The molecule has 2 rings (SSSR count). The molecule has 0 heterocycles. The maximum atomic E-state index is 13.1. The van der Waals surface area contributed by atoms with Gasteiger partial charge < -0.3 is 14.2 Å². The zero-order valence-electron chi connectivity index (χ0n) is 23.0. The van der Waals surface area contributed by atoms with E-state index >= 15 is 0 Å². The minimum absolute atomic E-state index is 0.0214. The lowest BCUT2D eigenvalue weighted by Crippen LogP contribution is -2.35. The molecule has 2 aromatic carbocycles. The fourth-order valence-corrected chi connectivity index (χ4v) is 5.90. The second-order valence-electron chi connectivity index (χ2n) is 11.5. The molecule has 0 N–H and O–H groups in total. The van der Waals surface area contributed by atoms with Gasteiger partial charge in [-0.05, 0) is 53.6 Å². The Morgan fingerprint density at radius 1 is 0.865 bits per heavy atom. The lowest BCUT2D eigenvalue weighted by atomic mass is 10.2. The van der Waals surface area contributed by atoms with Crippen LogP contribution in [0.4, 0.5) is 0 Å². The SMILES string of the molecule is C[Si](C)(C)CCOCN(COCC[Si](C)(C)C)S(=O)(=O)/C=C/c1ccc(OCc2cccc(Br)c2)cc1. The second kappa shape index (κ2) is 14.8. The molecule has 0 bridgehead atoms. The van der Waals surface area contributed by atoms with Crippen molar-refractivity contribution in [2.75, 3.05) is 26.7 Å². The third-order valence-electron chi connectivity index (χ3n) is 5.43. The van der Waals surface area contributed by atoms with E-state index in [1.165, 1.54) is 9.71 Å². The van der Waals surface area contributed by atoms with Gasteiger partial charge in [0.25, 0.3) is 0 Å². The Morgan fingerprint density at radius 3 is 1.95 bits per heavy atom. The number of hydrogen-bond acceptors (Lipinski definition) is 5. The van der Waals surface area contributed by atoms with E-state index < -0.39 is 26.2 Å². The number of benzene rings is 2. The summed E-state index contributed by atoms with van der Waals surface area (Å²) in [4.78, 5) is 0. The fourth-order valence-electron chi connectivity index (χ4n) is 2.99. The molecule has 0 radical (unpaired) electrons. The molecular formula is C27H42BrNO5SSi2. The van der Waals surface area contributed by atoms with Crippen molar-refractivity contribution in [3.63, 3.8) is 0 Å². The molecule has 0 aromatic heterocycles. The van der Waals surface area contributed by atoms with Crippen LogP contribution in [-0.4, -0.2) is 55.5 Å². The Balaban J connectivity index is 1.98. The molecule has 0 saturated heterocycles. The van der Waals surface area contributed by atoms with E-state index in [9.17, 15) is 8.42 Å². The van der Waals surface area contributed by atoms with Gasteiger partial charge in [0.15, 0.2) is 0 Å². The number of halogens is 1. The van der Waals surface area contributed by atoms with Gasteiger partial charge in [0.05, 0.1) is 0 Å². The van der Waals surface area contributed by atoms with Crippen LogP contribution in [0.5, 0.6) is 5.75 Å². The van der Waals surface area contributed by atoms with Crippen LogP contribution in [0.1, 0.15) is 11.1 Å². The van der Waals surface area contributed by atoms with Gasteiger partial charge >= 0.3 is 0 Å². The van der Waals surface area contributed by atoms with Crippen molar-refractivity contribution in [2.45, 2.75) is 58.0 Å². The van der Waals surface area contributed by atoms with E-state index in [1.807, 2.05) is 48.5 Å². The van der Waals surface area contributed by atoms with Gasteiger partial charge in [-0.1, -0.05) is 79.5 Å². The minimum Gasteiger partial charge on any atom is -0.489 e. The smallest absolute Gasteiger partial charge is 0.240 e. The molecule has 206 valence electrons. The summed E-state index contributed by atoms with van der Waals surface area (Å²) in [6.07, 6.45) is 1.59. The molecule has 0 aliphatic rings. The molecule has 2 aromatic rings. The summed E-state index contributed by atoms with van der Waals surface area (Å²) in [5.41, 5.74) is 1.82. The lowest BCUT2D eigenvalue weighted by molar-refractivity contribution is 0.00888. The molecule has 0 aliphatic heterocycles. The quantitative estimate of drug-likeness (QED) is 0.111. The maximum absolute atomic E-state index is 13.1. The number of nitrogens with zero attached hydrogens (tertiary/aromatic N) is 1. The van der Waals surface area contributed by atoms with E-state index in [1.54, 1.807) is 6.08 Å². The third kappa shape index (κ3) is 13.9. The van der Waals surface area contributed by atoms with Crippen molar-refractivity contribution < 1.29 is 22.6 Å². The van der Waals surface area contributed by atoms with Crippen LogP contribution in [0.3, 0.4) is 0 Å². The predicted octanol–water partition coefficient (Wildman–Crippen LogP) is 7.26. The van der Waals surface area contributed by atoms with Crippen molar-refractivity contribution >= 4 is 48.2 Å². The van der Waals surface area contributed by atoms with Gasteiger partial charge in [0, 0.05) is 39.2 Å². The first-order valence-electron chi connectivity index (χ1n) is 12.5. The number of sulfonamides is 1. The highest BCUT2D eigenvalue weighted by Gasteiger charge is 2.21. The first-order chi connectivity index (χ1) is 17.2. The first-order valence-corrected chi connectivity index (χ1v) is 22.3. The average Bonchev–Trinajstić information content (AvgIpc) is 2.79. The van der Waals surface area contributed by atoms with Crippen molar-refractivity contribution in [1.82, 2.24) is 4.31 Å². The largest absolute Gasteiger partial charge is 0.489 e. The maximum Gasteiger partial charge on any atom is 0.240 e. The zero-order valence-corrected chi connectivity index (χ0v) is 27.4. The summed E-state index contributed by atoms with van der Waals surface area (Å²) in [6.45, 7) is 15.1. The molecule has 0 spiro atoms. The molecule has 0 fully saturated rings. The minimum atomic E-state index is -3.72. The number of ether oxygens (including phenoxy) is 3. The molecule has 0 saturated carbocycles. The monoisotopic (exact) mass is 627 g/mol. The molecule has 0 atom stereocenters. The molecule has 0 aliphatic carbocycles. The van der Waals surface area contributed by atoms with E-state index in [0.717, 1.165) is 27.7 Å². The Bertz CT molecular complexity index is 1080. The summed E-state index contributed by atoms with van der Waals surface area (Å²) >= 11 is 3.46. The second-order valence-corrected chi connectivity index (χ2v) is 25.5. The summed E-state index contributed by atoms with van der Waals surface area (Å²) in [6, 6.07) is 17.2. The van der Waals surface area contributed by atoms with Gasteiger partial charge in [-0.2, -0.15) is 0 Å². The van der Waals surface area contributed by atoms with Crippen molar-refractivity contribution in [3.8, 4) is 5.75 Å². The van der Waals surface area contributed by atoms with E-state index in [-0.39, 0.29) is 13.5 Å². The van der Waals surface area contributed by atoms with Crippen LogP contribution < -0.4 is 4.74 Å². The zero-order chi connectivity index (χ0) is 27.5. The molecule has 37 heavy (non-hydrogen) atoms. The van der Waals surface area contributed by atoms with Crippen molar-refractivity contribution in [1.29, 1.82) is 0 Å². The van der Waals surface area contributed by atoms with Crippen LogP contribution >= 0.6 is 15.9 Å². The van der Waals surface area contributed by atoms with E-state index in [2.05, 4.69) is 55.2 Å². The Kier molecular flexibility index (Phi) is 12.7. The summed E-state index contributed by atoms with van der Waals surface area (Å²) in [5.74, 6) is 0.716. The highest BCUT2D eigenvalue weighted by atomic mass is 79.9. The third-order valence-corrected chi connectivity index (χ3v) is 10.7. The van der Waals surface area contributed by atoms with Crippen LogP contribution in [0.2, 0.25) is 51.4 Å². The summed E-state index contributed by atoms with van der Waals surface area (Å²) in [5, 5.41) is 1.22. The first kappa shape index (κ1) is 31.9. The van der Waals surface area contributed by atoms with Crippen molar-refractivity contribution in [2.24, 2.45) is 0 Å². The highest BCUT2D eigenvalue weighted by Crippen LogP contribution is 2.18. The van der Waals surface area contributed by atoms with Gasteiger partial charge in [0.2, 0.25) is 10.0 Å². The normalized spacial score (nSPS) is 13.0. The molecule has 0 unspecified atom stereocenters. The van der Waals surface area contributed by atoms with Gasteiger partial charge in [0.1, 0.15) is 25.8 Å². The predicted molar refractivity (Wildman–Crippen MR) is 163 cm³/mol. The molecular weight excluding hydrogens is 586 g/mol. The van der Waals surface area contributed by atoms with E-state index in [4.69, 9.17) is 14.2 Å². The standard InChI is InChI=1S/C27H42BrNO5SSi2/c1-36(2,3)18-15-32-22-29(23-33-16-19-37(4,5)6)35(30,31)17-14-24-10-12-27(13-11-24)34-21-25-8-7-9-26(28)20-25/h7-14,17,20H,15-16,18-19,21-23H2,1-6H3/b17-14+. The Labute approximate surface area is 234 Å². The molecule has 6 nitrogen and oxygen atoms in total. The number of rotatable bonds is 16. The number of hydrogen-bond donors (Lipinski definition) is 0. The summed E-state index contributed by atoms with van der Waals surface area (Å²) in [7, 11) is -6.25. The van der Waals surface area contributed by atoms with Gasteiger partial charge in [-0.3, -0.25) is 0 Å². The van der Waals surface area contributed by atoms with Crippen molar-refractivity contribution in [3.05, 3.63) is 69.5 Å². The van der Waals surface area contributed by atoms with E-state index in [0.29, 0.717) is 25.6 Å².